The van der Waals surface area contributed by atoms with E-state index in [1.807, 2.05) is 0 Å². The van der Waals surface area contributed by atoms with Crippen molar-refractivity contribution in [2.24, 2.45) is 5.92 Å². The normalized spacial score (nSPS) is 28.9. The molecule has 0 fully saturated rings. The molecule has 0 aromatic rings. The Morgan fingerprint density at radius 1 is 0.875 bits per heavy atom. The predicted octanol–water partition coefficient (Wildman–Crippen LogP) is 4.82. The Bertz CT molecular complexity index is 242. The van der Waals surface area contributed by atoms with Crippen LogP contribution in [0, 0.1) is 5.92 Å². The lowest BCUT2D eigenvalue weighted by Gasteiger charge is -2.15. The number of rotatable bonds is 0. The molecule has 1 unspecified atom stereocenters. The van der Waals surface area contributed by atoms with E-state index in [-0.39, 0.29) is 0 Å². The van der Waals surface area contributed by atoms with Crippen molar-refractivity contribution in [1.82, 2.24) is 0 Å². The highest BCUT2D eigenvalue weighted by Gasteiger charge is 2.20. The maximum Gasteiger partial charge on any atom is 0.0955 e. The zero-order valence-corrected chi connectivity index (χ0v) is 10.8. The minimum absolute atomic E-state index is 0.775. The van der Waals surface area contributed by atoms with Gasteiger partial charge in [-0.1, -0.05) is 45.4 Å². The van der Waals surface area contributed by atoms with Crippen molar-refractivity contribution in [3.8, 4) is 0 Å². The van der Waals surface area contributed by atoms with Gasteiger partial charge >= 0.3 is 0 Å². The van der Waals surface area contributed by atoms with Crippen molar-refractivity contribution >= 4 is 0 Å². The van der Waals surface area contributed by atoms with Gasteiger partial charge in [-0.25, -0.2) is 0 Å². The number of allylic oxidation sites excluding steroid dienone is 1. The first-order valence-electron chi connectivity index (χ1n) is 7.22. The fourth-order valence-electron chi connectivity index (χ4n) is 3.06. The number of hydrogen-bond acceptors (Lipinski definition) is 1. The summed E-state index contributed by atoms with van der Waals surface area (Å²) in [7, 11) is 0. The molecule has 0 saturated carbocycles. The van der Waals surface area contributed by atoms with Gasteiger partial charge in [0.25, 0.3) is 0 Å². The molecular weight excluding hydrogens is 196 g/mol. The van der Waals surface area contributed by atoms with E-state index in [9.17, 15) is 0 Å². The molecule has 1 heteroatoms. The van der Waals surface area contributed by atoms with Crippen LogP contribution in [0.15, 0.2) is 11.3 Å². The van der Waals surface area contributed by atoms with E-state index in [1.54, 1.807) is 5.57 Å². The zero-order valence-electron chi connectivity index (χ0n) is 10.8. The smallest absolute Gasteiger partial charge is 0.0955 e. The van der Waals surface area contributed by atoms with Crippen LogP contribution in [0.1, 0.15) is 71.1 Å². The van der Waals surface area contributed by atoms with Crippen LogP contribution in [0.4, 0.5) is 0 Å². The Hall–Kier alpha value is -0.460. The summed E-state index contributed by atoms with van der Waals surface area (Å²) in [5, 5.41) is 0. The fourth-order valence-corrected chi connectivity index (χ4v) is 3.06. The minimum Gasteiger partial charge on any atom is -0.498 e. The van der Waals surface area contributed by atoms with Crippen molar-refractivity contribution in [3.05, 3.63) is 11.3 Å². The molecule has 1 heterocycles. The molecule has 2 aliphatic rings. The van der Waals surface area contributed by atoms with Gasteiger partial charge in [-0.05, 0) is 24.3 Å². The maximum absolute atomic E-state index is 5.81. The molecule has 0 radical (unpaired) electrons. The molecule has 92 valence electrons. The topological polar surface area (TPSA) is 9.23 Å². The van der Waals surface area contributed by atoms with Gasteiger partial charge < -0.3 is 4.74 Å². The molecule has 0 N–H and O–H groups in total. The second-order valence-electron chi connectivity index (χ2n) is 5.46. The van der Waals surface area contributed by atoms with E-state index in [2.05, 4.69) is 6.92 Å². The second kappa shape index (κ2) is 6.32. The summed E-state index contributed by atoms with van der Waals surface area (Å²) in [6.45, 7) is 3.35. The Morgan fingerprint density at radius 2 is 1.56 bits per heavy atom. The zero-order chi connectivity index (χ0) is 11.2. The molecule has 1 aliphatic heterocycles. The average molecular weight is 222 g/mol. The predicted molar refractivity (Wildman–Crippen MR) is 68.3 cm³/mol. The highest BCUT2D eigenvalue weighted by Crippen LogP contribution is 2.32. The van der Waals surface area contributed by atoms with Crippen LogP contribution < -0.4 is 0 Å². The Labute approximate surface area is 100 Å². The van der Waals surface area contributed by atoms with Crippen molar-refractivity contribution < 1.29 is 4.74 Å². The third kappa shape index (κ3) is 3.26. The monoisotopic (exact) mass is 222 g/mol. The quantitative estimate of drug-likeness (QED) is 0.571. The van der Waals surface area contributed by atoms with E-state index < -0.39 is 0 Å². The lowest BCUT2D eigenvalue weighted by Crippen LogP contribution is -2.01. The molecular formula is C15H26O. The minimum atomic E-state index is 0.775. The van der Waals surface area contributed by atoms with Gasteiger partial charge in [0.15, 0.2) is 0 Å². The van der Waals surface area contributed by atoms with Crippen LogP contribution in [-0.4, -0.2) is 6.61 Å². The summed E-state index contributed by atoms with van der Waals surface area (Å²) in [5.74, 6) is 2.14. The summed E-state index contributed by atoms with van der Waals surface area (Å²) < 4.78 is 5.81. The lowest BCUT2D eigenvalue weighted by atomic mass is 9.90. The molecule has 1 aliphatic carbocycles. The van der Waals surface area contributed by atoms with Crippen LogP contribution in [0.5, 0.6) is 0 Å². The standard InChI is InChI=1S/C15H26O/c1-13-9-7-5-3-2-4-6-8-10-15-14(13)11-12-16-15/h13H,2-12H2,1H3. The van der Waals surface area contributed by atoms with Gasteiger partial charge in [0.2, 0.25) is 0 Å². The van der Waals surface area contributed by atoms with Crippen molar-refractivity contribution in [3.63, 3.8) is 0 Å². The van der Waals surface area contributed by atoms with E-state index in [4.69, 9.17) is 4.74 Å². The molecule has 0 bridgehead atoms. The molecule has 1 atom stereocenters. The van der Waals surface area contributed by atoms with Gasteiger partial charge in [0.05, 0.1) is 12.4 Å². The first-order valence-corrected chi connectivity index (χ1v) is 7.22. The second-order valence-corrected chi connectivity index (χ2v) is 5.46. The Kier molecular flexibility index (Phi) is 4.74. The average Bonchev–Trinajstić information content (AvgIpc) is 2.73. The van der Waals surface area contributed by atoms with Gasteiger partial charge in [-0.15, -0.1) is 0 Å². The fraction of sp³-hybridized carbons (Fsp3) is 0.867. The summed E-state index contributed by atoms with van der Waals surface area (Å²) in [5.41, 5.74) is 1.65. The maximum atomic E-state index is 5.81. The van der Waals surface area contributed by atoms with Gasteiger partial charge in [-0.3, -0.25) is 0 Å². The Balaban J connectivity index is 1.96. The Morgan fingerprint density at radius 3 is 2.38 bits per heavy atom. The molecule has 0 spiro atoms. The molecule has 0 aromatic carbocycles. The summed E-state index contributed by atoms with van der Waals surface area (Å²) in [6, 6.07) is 0. The van der Waals surface area contributed by atoms with Gasteiger partial charge in [0.1, 0.15) is 0 Å². The summed E-state index contributed by atoms with van der Waals surface area (Å²) in [4.78, 5) is 0. The van der Waals surface area contributed by atoms with Crippen molar-refractivity contribution in [2.45, 2.75) is 71.1 Å². The van der Waals surface area contributed by atoms with Crippen LogP contribution in [0.2, 0.25) is 0 Å². The highest BCUT2D eigenvalue weighted by molar-refractivity contribution is 5.15. The van der Waals surface area contributed by atoms with Gasteiger partial charge in [0, 0.05) is 12.8 Å². The van der Waals surface area contributed by atoms with Crippen LogP contribution in [0.3, 0.4) is 0 Å². The molecule has 2 rings (SSSR count). The first kappa shape index (κ1) is 12.0. The van der Waals surface area contributed by atoms with E-state index in [0.29, 0.717) is 0 Å². The highest BCUT2D eigenvalue weighted by atomic mass is 16.5. The van der Waals surface area contributed by atoms with Crippen LogP contribution in [-0.2, 0) is 4.74 Å². The third-order valence-corrected chi connectivity index (χ3v) is 4.14. The molecule has 0 amide bonds. The number of hydrogen-bond donors (Lipinski definition) is 0. The summed E-state index contributed by atoms with van der Waals surface area (Å²) >= 11 is 0. The van der Waals surface area contributed by atoms with Crippen LogP contribution in [0.25, 0.3) is 0 Å². The largest absolute Gasteiger partial charge is 0.498 e. The summed E-state index contributed by atoms with van der Waals surface area (Å²) in [6.07, 6.45) is 13.7. The molecule has 0 aromatic heterocycles. The van der Waals surface area contributed by atoms with E-state index >= 15 is 0 Å². The van der Waals surface area contributed by atoms with Crippen molar-refractivity contribution in [1.29, 1.82) is 0 Å². The molecule has 0 saturated heterocycles. The lowest BCUT2D eigenvalue weighted by molar-refractivity contribution is 0.231. The first-order chi connectivity index (χ1) is 7.88. The third-order valence-electron chi connectivity index (χ3n) is 4.14. The van der Waals surface area contributed by atoms with Crippen LogP contribution >= 0.6 is 0 Å². The number of ether oxygens (including phenoxy) is 1. The van der Waals surface area contributed by atoms with Gasteiger partial charge in [-0.2, -0.15) is 0 Å². The molecule has 16 heavy (non-hydrogen) atoms. The van der Waals surface area contributed by atoms with E-state index in [0.717, 1.165) is 12.5 Å². The molecule has 1 nitrogen and oxygen atoms in total. The van der Waals surface area contributed by atoms with Crippen molar-refractivity contribution in [2.75, 3.05) is 6.61 Å². The SMILES string of the molecule is CC1CCCCCCCCCC2=C1CCO2. The van der Waals surface area contributed by atoms with E-state index in [1.165, 1.54) is 70.0 Å².